The number of hydrogen-bond donors (Lipinski definition) is 1. The average molecular weight is 302 g/mol. The van der Waals surface area contributed by atoms with Crippen molar-refractivity contribution in [2.45, 2.75) is 17.9 Å². The predicted molar refractivity (Wildman–Crippen MR) is 83.1 cm³/mol. The zero-order valence-electron chi connectivity index (χ0n) is 11.5. The second-order valence-electron chi connectivity index (χ2n) is 4.74. The van der Waals surface area contributed by atoms with Crippen LogP contribution in [0.5, 0.6) is 0 Å². The summed E-state index contributed by atoms with van der Waals surface area (Å²) in [6, 6.07) is 13.7. The molecule has 3 aromatic rings. The summed E-state index contributed by atoms with van der Waals surface area (Å²) in [6.45, 7) is 2.10. The first-order valence-electron chi connectivity index (χ1n) is 6.77. The van der Waals surface area contributed by atoms with Gasteiger partial charge in [0.25, 0.3) is 0 Å². The number of furan rings is 1. The number of rotatable bonds is 4. The van der Waals surface area contributed by atoms with Crippen molar-refractivity contribution in [3.05, 3.63) is 65.7 Å². The van der Waals surface area contributed by atoms with Gasteiger partial charge in [0.1, 0.15) is 23.3 Å². The molecule has 21 heavy (non-hydrogen) atoms. The molecule has 2 aromatic carbocycles. The highest BCUT2D eigenvalue weighted by Gasteiger charge is 2.15. The number of aliphatic hydroxyl groups is 1. The van der Waals surface area contributed by atoms with E-state index in [0.29, 0.717) is 16.7 Å². The fraction of sp³-hybridized carbons (Fsp3) is 0.176. The number of benzene rings is 2. The molecule has 0 saturated carbocycles. The Kier molecular flexibility index (Phi) is 3.99. The maximum absolute atomic E-state index is 13.2. The third-order valence-electron chi connectivity index (χ3n) is 3.27. The normalized spacial score (nSPS) is 12.7. The van der Waals surface area contributed by atoms with Crippen molar-refractivity contribution < 1.29 is 13.9 Å². The highest BCUT2D eigenvalue weighted by molar-refractivity contribution is 7.99. The van der Waals surface area contributed by atoms with Gasteiger partial charge in [-0.3, -0.25) is 0 Å². The molecule has 0 spiro atoms. The molecule has 0 bridgehead atoms. The van der Waals surface area contributed by atoms with Crippen LogP contribution in [0.4, 0.5) is 4.39 Å². The van der Waals surface area contributed by atoms with E-state index in [2.05, 4.69) is 6.92 Å². The van der Waals surface area contributed by atoms with Crippen LogP contribution in [0.1, 0.15) is 24.4 Å². The van der Waals surface area contributed by atoms with Crippen molar-refractivity contribution in [1.29, 1.82) is 0 Å². The maximum atomic E-state index is 13.2. The summed E-state index contributed by atoms with van der Waals surface area (Å²) in [5.41, 5.74) is 1.33. The topological polar surface area (TPSA) is 33.4 Å². The monoisotopic (exact) mass is 302 g/mol. The molecule has 1 unspecified atom stereocenters. The van der Waals surface area contributed by atoms with E-state index in [4.69, 9.17) is 4.42 Å². The molecule has 0 aliphatic carbocycles. The van der Waals surface area contributed by atoms with Crippen LogP contribution in [-0.4, -0.2) is 10.9 Å². The van der Waals surface area contributed by atoms with E-state index in [-0.39, 0.29) is 5.82 Å². The van der Waals surface area contributed by atoms with E-state index in [1.165, 1.54) is 17.0 Å². The number of hydrogen-bond acceptors (Lipinski definition) is 3. The van der Waals surface area contributed by atoms with E-state index < -0.39 is 6.10 Å². The van der Waals surface area contributed by atoms with Gasteiger partial charge in [-0.1, -0.05) is 19.1 Å². The van der Waals surface area contributed by atoms with Gasteiger partial charge in [0, 0.05) is 10.3 Å². The predicted octanol–water partition coefficient (Wildman–Crippen LogP) is 4.77. The third-order valence-corrected chi connectivity index (χ3v) is 4.17. The van der Waals surface area contributed by atoms with Crippen molar-refractivity contribution in [3.8, 4) is 0 Å². The highest BCUT2D eigenvalue weighted by Crippen LogP contribution is 2.29. The van der Waals surface area contributed by atoms with Gasteiger partial charge < -0.3 is 9.52 Å². The summed E-state index contributed by atoms with van der Waals surface area (Å²) in [4.78, 5) is 1.17. The van der Waals surface area contributed by atoms with Gasteiger partial charge in [0.05, 0.1) is 0 Å². The first-order chi connectivity index (χ1) is 10.2. The lowest BCUT2D eigenvalue weighted by atomic mass is 10.1. The number of fused-ring (bicyclic) bond motifs is 1. The van der Waals surface area contributed by atoms with Crippen LogP contribution in [0.15, 0.2) is 57.8 Å². The van der Waals surface area contributed by atoms with Crippen LogP contribution in [-0.2, 0) is 0 Å². The van der Waals surface area contributed by atoms with Gasteiger partial charge in [0.15, 0.2) is 0 Å². The van der Waals surface area contributed by atoms with Crippen LogP contribution in [0.3, 0.4) is 0 Å². The van der Waals surface area contributed by atoms with Gasteiger partial charge in [-0.05, 0) is 47.7 Å². The van der Waals surface area contributed by atoms with Crippen LogP contribution >= 0.6 is 11.8 Å². The average Bonchev–Trinajstić information content (AvgIpc) is 2.90. The zero-order chi connectivity index (χ0) is 14.8. The minimum absolute atomic E-state index is 0.315. The van der Waals surface area contributed by atoms with E-state index in [0.717, 1.165) is 11.3 Å². The smallest absolute Gasteiger partial charge is 0.138 e. The van der Waals surface area contributed by atoms with Crippen LogP contribution in [0.25, 0.3) is 11.0 Å². The lowest BCUT2D eigenvalue weighted by Crippen LogP contribution is -1.97. The fourth-order valence-electron chi connectivity index (χ4n) is 2.25. The molecular weight excluding hydrogens is 287 g/mol. The summed E-state index contributed by atoms with van der Waals surface area (Å²) in [6.07, 6.45) is -0.846. The molecule has 1 N–H and O–H groups in total. The Bertz CT molecular complexity index is 749. The Labute approximate surface area is 126 Å². The van der Waals surface area contributed by atoms with Crippen molar-refractivity contribution in [2.24, 2.45) is 0 Å². The summed E-state index contributed by atoms with van der Waals surface area (Å²) >= 11 is 1.75. The summed E-state index contributed by atoms with van der Waals surface area (Å²) in [7, 11) is 0. The lowest BCUT2D eigenvalue weighted by Gasteiger charge is -2.08. The van der Waals surface area contributed by atoms with Crippen molar-refractivity contribution >= 4 is 22.7 Å². The molecule has 2 nitrogen and oxygen atoms in total. The Morgan fingerprint density at radius 2 is 1.90 bits per heavy atom. The van der Waals surface area contributed by atoms with E-state index in [1.807, 2.05) is 24.3 Å². The maximum Gasteiger partial charge on any atom is 0.138 e. The molecule has 0 aliphatic heterocycles. The van der Waals surface area contributed by atoms with Crippen LogP contribution < -0.4 is 0 Å². The minimum Gasteiger partial charge on any atom is -0.458 e. The molecular formula is C17H15FO2S. The van der Waals surface area contributed by atoms with E-state index in [9.17, 15) is 9.50 Å². The molecule has 0 amide bonds. The molecule has 0 radical (unpaired) electrons. The standard InChI is InChI=1S/C17H15FO2S/c1-2-21-14-6-3-11(4-7-14)17(19)16-10-12-9-13(18)5-8-15(12)20-16/h3-10,17,19H,2H2,1H3. The lowest BCUT2D eigenvalue weighted by molar-refractivity contribution is 0.192. The third kappa shape index (κ3) is 2.96. The quantitative estimate of drug-likeness (QED) is 0.705. The van der Waals surface area contributed by atoms with Crippen molar-refractivity contribution in [1.82, 2.24) is 0 Å². The summed E-state index contributed by atoms with van der Waals surface area (Å²) in [5, 5.41) is 11.0. The summed E-state index contributed by atoms with van der Waals surface area (Å²) < 4.78 is 18.8. The number of aliphatic hydroxyl groups excluding tert-OH is 1. The molecule has 1 atom stereocenters. The first-order valence-corrected chi connectivity index (χ1v) is 7.76. The van der Waals surface area contributed by atoms with Gasteiger partial charge in [0.2, 0.25) is 0 Å². The largest absolute Gasteiger partial charge is 0.458 e. The van der Waals surface area contributed by atoms with Gasteiger partial charge in [-0.2, -0.15) is 0 Å². The van der Waals surface area contributed by atoms with Crippen molar-refractivity contribution in [3.63, 3.8) is 0 Å². The van der Waals surface area contributed by atoms with E-state index >= 15 is 0 Å². The molecule has 0 fully saturated rings. The van der Waals surface area contributed by atoms with Crippen molar-refractivity contribution in [2.75, 3.05) is 5.75 Å². The Morgan fingerprint density at radius 1 is 1.14 bits per heavy atom. The zero-order valence-corrected chi connectivity index (χ0v) is 12.4. The fourth-order valence-corrected chi connectivity index (χ4v) is 2.91. The van der Waals surface area contributed by atoms with Gasteiger partial charge in [-0.15, -0.1) is 11.8 Å². The second-order valence-corrected chi connectivity index (χ2v) is 6.07. The molecule has 0 saturated heterocycles. The number of thioether (sulfide) groups is 1. The van der Waals surface area contributed by atoms with Crippen LogP contribution in [0, 0.1) is 5.82 Å². The molecule has 1 aromatic heterocycles. The Balaban J connectivity index is 1.90. The van der Waals surface area contributed by atoms with Gasteiger partial charge in [-0.25, -0.2) is 4.39 Å². The molecule has 3 rings (SSSR count). The molecule has 0 aliphatic rings. The van der Waals surface area contributed by atoms with Crippen LogP contribution in [0.2, 0.25) is 0 Å². The first kappa shape index (κ1) is 14.2. The number of halogens is 1. The summed E-state index contributed by atoms with van der Waals surface area (Å²) in [5.74, 6) is 1.12. The Hall–Kier alpha value is -1.78. The minimum atomic E-state index is -0.846. The molecule has 1 heterocycles. The molecule has 4 heteroatoms. The SMILES string of the molecule is CCSc1ccc(C(O)c2cc3cc(F)ccc3o2)cc1. The van der Waals surface area contributed by atoms with Gasteiger partial charge >= 0.3 is 0 Å². The highest BCUT2D eigenvalue weighted by atomic mass is 32.2. The van der Waals surface area contributed by atoms with E-state index in [1.54, 1.807) is 23.9 Å². The Morgan fingerprint density at radius 3 is 2.62 bits per heavy atom. The molecule has 108 valence electrons. The second kappa shape index (κ2) is 5.92.